The van der Waals surface area contributed by atoms with E-state index in [9.17, 15) is 4.39 Å². The lowest BCUT2D eigenvalue weighted by atomic mass is 10.1. The second-order valence-electron chi connectivity index (χ2n) is 6.20. The van der Waals surface area contributed by atoms with E-state index in [-0.39, 0.29) is 5.82 Å². The molecule has 5 heteroatoms. The van der Waals surface area contributed by atoms with Crippen molar-refractivity contribution in [1.82, 2.24) is 15.0 Å². The summed E-state index contributed by atoms with van der Waals surface area (Å²) in [7, 11) is 0. The van der Waals surface area contributed by atoms with Gasteiger partial charge >= 0.3 is 0 Å². The molecule has 1 aliphatic heterocycles. The van der Waals surface area contributed by atoms with E-state index in [2.05, 4.69) is 14.9 Å². The van der Waals surface area contributed by atoms with Gasteiger partial charge in [-0.25, -0.2) is 14.4 Å². The largest absolute Gasteiger partial charge is 0.356 e. The summed E-state index contributed by atoms with van der Waals surface area (Å²) in [6, 6.07) is 12.4. The Bertz CT molecular complexity index is 861. The minimum Gasteiger partial charge on any atom is -0.356 e. The quantitative estimate of drug-likeness (QED) is 0.715. The van der Waals surface area contributed by atoms with Crippen molar-refractivity contribution >= 4 is 5.82 Å². The van der Waals surface area contributed by atoms with Crippen molar-refractivity contribution in [3.8, 4) is 22.6 Å². The lowest BCUT2D eigenvalue weighted by molar-refractivity contribution is 0.573. The van der Waals surface area contributed by atoms with Gasteiger partial charge in [-0.05, 0) is 43.5 Å². The molecule has 4 rings (SSSR count). The molecule has 2 aromatic heterocycles. The van der Waals surface area contributed by atoms with Gasteiger partial charge in [0.25, 0.3) is 0 Å². The molecule has 0 aliphatic carbocycles. The first-order valence-corrected chi connectivity index (χ1v) is 8.60. The molecule has 0 N–H and O–H groups in total. The molecule has 1 fully saturated rings. The standard InChI is InChI=1S/C20H19FN4/c21-17-7-3-2-6-16(17)18-14-19(25-12-4-1-5-13-25)24-20(23-18)15-8-10-22-11-9-15/h2-3,6-11,14H,1,4-5,12-13H2. The first-order valence-electron chi connectivity index (χ1n) is 8.60. The van der Waals surface area contributed by atoms with Crippen LogP contribution >= 0.6 is 0 Å². The lowest BCUT2D eigenvalue weighted by Gasteiger charge is -2.28. The van der Waals surface area contributed by atoms with E-state index in [1.807, 2.05) is 24.3 Å². The third-order valence-corrected chi connectivity index (χ3v) is 4.48. The third kappa shape index (κ3) is 3.36. The van der Waals surface area contributed by atoms with Crippen LogP contribution in [0.5, 0.6) is 0 Å². The summed E-state index contributed by atoms with van der Waals surface area (Å²) in [6.45, 7) is 1.95. The highest BCUT2D eigenvalue weighted by molar-refractivity contribution is 5.68. The normalized spacial score (nSPS) is 14.5. The molecule has 126 valence electrons. The second-order valence-corrected chi connectivity index (χ2v) is 6.20. The molecule has 3 heterocycles. The van der Waals surface area contributed by atoms with Crippen LogP contribution in [0, 0.1) is 5.82 Å². The molecule has 3 aromatic rings. The fourth-order valence-corrected chi connectivity index (χ4v) is 3.16. The molecule has 0 spiro atoms. The predicted molar refractivity (Wildman–Crippen MR) is 96.7 cm³/mol. The highest BCUT2D eigenvalue weighted by Gasteiger charge is 2.17. The predicted octanol–water partition coefficient (Wildman–Crippen LogP) is 4.34. The van der Waals surface area contributed by atoms with Gasteiger partial charge in [0.05, 0.1) is 5.69 Å². The smallest absolute Gasteiger partial charge is 0.162 e. The SMILES string of the molecule is Fc1ccccc1-c1cc(N2CCCCC2)nc(-c2ccncc2)n1. The molecule has 25 heavy (non-hydrogen) atoms. The van der Waals surface area contributed by atoms with Gasteiger partial charge < -0.3 is 4.90 Å². The maximum absolute atomic E-state index is 14.3. The highest BCUT2D eigenvalue weighted by atomic mass is 19.1. The molecular formula is C20H19FN4. The number of rotatable bonds is 3. The van der Waals surface area contributed by atoms with E-state index in [1.165, 1.54) is 12.5 Å². The molecule has 0 radical (unpaired) electrons. The Morgan fingerprint density at radius 2 is 1.64 bits per heavy atom. The van der Waals surface area contributed by atoms with E-state index in [4.69, 9.17) is 4.98 Å². The number of benzene rings is 1. The van der Waals surface area contributed by atoms with E-state index in [0.717, 1.165) is 37.3 Å². The summed E-state index contributed by atoms with van der Waals surface area (Å²) in [5, 5.41) is 0. The van der Waals surface area contributed by atoms with Crippen molar-refractivity contribution in [2.45, 2.75) is 19.3 Å². The van der Waals surface area contributed by atoms with E-state index >= 15 is 0 Å². The van der Waals surface area contributed by atoms with Gasteiger partial charge in [0.2, 0.25) is 0 Å². The fraction of sp³-hybridized carbons (Fsp3) is 0.250. The fourth-order valence-electron chi connectivity index (χ4n) is 3.16. The van der Waals surface area contributed by atoms with Gasteiger partial charge in [0.15, 0.2) is 5.82 Å². The van der Waals surface area contributed by atoms with Crippen LogP contribution in [0.4, 0.5) is 10.2 Å². The molecule has 0 saturated carbocycles. The summed E-state index contributed by atoms with van der Waals surface area (Å²) in [6.07, 6.45) is 7.00. The zero-order chi connectivity index (χ0) is 17.1. The van der Waals surface area contributed by atoms with Gasteiger partial charge in [0.1, 0.15) is 11.6 Å². The molecule has 1 saturated heterocycles. The van der Waals surface area contributed by atoms with Gasteiger partial charge in [0, 0.05) is 42.7 Å². The van der Waals surface area contributed by atoms with Crippen molar-refractivity contribution < 1.29 is 4.39 Å². The average molecular weight is 334 g/mol. The van der Waals surface area contributed by atoms with Crippen LogP contribution in [0.2, 0.25) is 0 Å². The zero-order valence-electron chi connectivity index (χ0n) is 13.9. The Morgan fingerprint density at radius 1 is 0.880 bits per heavy atom. The van der Waals surface area contributed by atoms with Gasteiger partial charge in [-0.3, -0.25) is 4.98 Å². The second kappa shape index (κ2) is 6.97. The Morgan fingerprint density at radius 3 is 2.40 bits per heavy atom. The first-order chi connectivity index (χ1) is 12.3. The van der Waals surface area contributed by atoms with Crippen LogP contribution in [0.25, 0.3) is 22.6 Å². The number of halogens is 1. The Hall–Kier alpha value is -2.82. The van der Waals surface area contributed by atoms with Gasteiger partial charge in [-0.2, -0.15) is 0 Å². The van der Waals surface area contributed by atoms with Crippen LogP contribution in [0.15, 0.2) is 54.9 Å². The summed E-state index contributed by atoms with van der Waals surface area (Å²) < 4.78 is 14.3. The van der Waals surface area contributed by atoms with Crippen molar-refractivity contribution in [1.29, 1.82) is 0 Å². The van der Waals surface area contributed by atoms with Crippen LogP contribution in [-0.4, -0.2) is 28.0 Å². The summed E-state index contributed by atoms with van der Waals surface area (Å²) in [5.74, 6) is 1.19. The summed E-state index contributed by atoms with van der Waals surface area (Å²) >= 11 is 0. The highest BCUT2D eigenvalue weighted by Crippen LogP contribution is 2.28. The van der Waals surface area contributed by atoms with Crippen molar-refractivity contribution in [2.24, 2.45) is 0 Å². The third-order valence-electron chi connectivity index (χ3n) is 4.48. The maximum Gasteiger partial charge on any atom is 0.162 e. The van der Waals surface area contributed by atoms with Crippen LogP contribution in [0.1, 0.15) is 19.3 Å². The molecule has 0 atom stereocenters. The first kappa shape index (κ1) is 15.7. The molecule has 0 unspecified atom stereocenters. The van der Waals surface area contributed by atoms with Crippen molar-refractivity contribution in [3.63, 3.8) is 0 Å². The molecule has 0 amide bonds. The molecule has 0 bridgehead atoms. The zero-order valence-corrected chi connectivity index (χ0v) is 13.9. The number of hydrogen-bond donors (Lipinski definition) is 0. The Balaban J connectivity index is 1.84. The van der Waals surface area contributed by atoms with Crippen LogP contribution in [-0.2, 0) is 0 Å². The average Bonchev–Trinajstić information content (AvgIpc) is 2.69. The molecule has 4 nitrogen and oxygen atoms in total. The number of piperidine rings is 1. The van der Waals surface area contributed by atoms with Crippen LogP contribution < -0.4 is 4.90 Å². The summed E-state index contributed by atoms with van der Waals surface area (Å²) in [4.78, 5) is 15.7. The Kier molecular flexibility index (Phi) is 4.37. The number of anilines is 1. The van der Waals surface area contributed by atoms with Crippen LogP contribution in [0.3, 0.4) is 0 Å². The van der Waals surface area contributed by atoms with Gasteiger partial charge in [-0.1, -0.05) is 12.1 Å². The monoisotopic (exact) mass is 334 g/mol. The maximum atomic E-state index is 14.3. The lowest BCUT2D eigenvalue weighted by Crippen LogP contribution is -2.30. The number of nitrogens with zero attached hydrogens (tertiary/aromatic N) is 4. The molecule has 1 aromatic carbocycles. The topological polar surface area (TPSA) is 41.9 Å². The van der Waals surface area contributed by atoms with Crippen molar-refractivity contribution in [2.75, 3.05) is 18.0 Å². The Labute approximate surface area is 146 Å². The van der Waals surface area contributed by atoms with Gasteiger partial charge in [-0.15, -0.1) is 0 Å². The number of pyridine rings is 1. The summed E-state index contributed by atoms with van der Waals surface area (Å²) in [5.41, 5.74) is 1.99. The minimum absolute atomic E-state index is 0.272. The van der Waals surface area contributed by atoms with Crippen molar-refractivity contribution in [3.05, 3.63) is 60.7 Å². The number of hydrogen-bond acceptors (Lipinski definition) is 4. The van der Waals surface area contributed by atoms with E-state index in [1.54, 1.807) is 24.5 Å². The minimum atomic E-state index is -0.272. The molecule has 1 aliphatic rings. The molecular weight excluding hydrogens is 315 g/mol. The number of aromatic nitrogens is 3. The van der Waals surface area contributed by atoms with E-state index < -0.39 is 0 Å². The van der Waals surface area contributed by atoms with E-state index in [0.29, 0.717) is 17.1 Å².